The first-order valence-corrected chi connectivity index (χ1v) is 20.6. The number of allylic oxidation sites excluding steroid dienone is 2. The van der Waals surface area contributed by atoms with Crippen LogP contribution in [0.25, 0.3) is 22.9 Å². The molecule has 58 heavy (non-hydrogen) atoms. The molecule has 0 saturated carbocycles. The quantitative estimate of drug-likeness (QED) is 0.0420. The Morgan fingerprint density at radius 1 is 0.534 bits per heavy atom. The molecule has 0 aliphatic heterocycles. The number of hydrazone groups is 2. The van der Waals surface area contributed by atoms with Crippen LogP contribution in [0.2, 0.25) is 0 Å². The summed E-state index contributed by atoms with van der Waals surface area (Å²) in [7, 11) is -14.4. The number of azo groups is 1. The number of fused-ring (bicyclic) bond motifs is 3. The van der Waals surface area contributed by atoms with Crippen LogP contribution in [0.5, 0.6) is 0 Å². The second-order valence-corrected chi connectivity index (χ2v) is 16.7. The minimum absolute atomic E-state index is 0.0249. The van der Waals surface area contributed by atoms with E-state index < -0.39 is 63.2 Å². The van der Waals surface area contributed by atoms with E-state index in [0.29, 0.717) is 22.1 Å². The highest BCUT2D eigenvalue weighted by Crippen LogP contribution is 2.34. The number of hydrogen-bond donors (Lipinski definition) is 7. The molecule has 0 heterocycles. The van der Waals surface area contributed by atoms with Crippen molar-refractivity contribution in [3.05, 3.63) is 123 Å². The molecule has 19 nitrogen and oxygen atoms in total. The van der Waals surface area contributed by atoms with Crippen LogP contribution >= 0.6 is 0 Å². The maximum atomic E-state index is 13.7. The number of nitrogens with two attached hydrogens (primary N) is 2. The fraction of sp³-hybridized carbons (Fsp3) is 0. The number of anilines is 4. The number of hydrogen-bond acceptors (Lipinski definition) is 16. The molecule has 7 rings (SSSR count). The molecule has 0 radical (unpaired) electrons. The maximum Gasteiger partial charge on any atom is 0.296 e. The van der Waals surface area contributed by atoms with Crippen LogP contribution in [0.15, 0.2) is 126 Å². The summed E-state index contributed by atoms with van der Waals surface area (Å²) >= 11 is 0. The predicted octanol–water partition coefficient (Wildman–Crippen LogP) is 5.45. The summed E-state index contributed by atoms with van der Waals surface area (Å²) < 4.78 is 102. The first-order valence-electron chi connectivity index (χ1n) is 16.3. The van der Waals surface area contributed by atoms with Crippen molar-refractivity contribution in [2.45, 2.75) is 4.90 Å². The first kappa shape index (κ1) is 39.3. The Hall–Kier alpha value is -6.95. The zero-order chi connectivity index (χ0) is 41.7. The van der Waals surface area contributed by atoms with E-state index in [9.17, 15) is 48.5 Å². The molecule has 294 valence electrons. The molecule has 0 saturated heterocycles. The summed E-state index contributed by atoms with van der Waals surface area (Å²) in [5, 5.41) is 17.1. The van der Waals surface area contributed by atoms with Crippen LogP contribution in [0.3, 0.4) is 0 Å². The van der Waals surface area contributed by atoms with E-state index in [4.69, 9.17) is 11.5 Å². The largest absolute Gasteiger partial charge is 0.399 e. The van der Waals surface area contributed by atoms with Crippen molar-refractivity contribution >= 4 is 110 Å². The Bertz CT molecular complexity index is 3140. The number of nitrogen functional groups attached to an aromatic ring is 2. The van der Waals surface area contributed by atoms with Crippen LogP contribution in [0, 0.1) is 0 Å². The Kier molecular flexibility index (Phi) is 9.84. The number of carbonyl (C=O) groups is 2. The van der Waals surface area contributed by atoms with Gasteiger partial charge in [-0.2, -0.15) is 40.6 Å². The highest BCUT2D eigenvalue weighted by atomic mass is 32.2. The average molecular weight is 843 g/mol. The molecule has 0 amide bonds. The van der Waals surface area contributed by atoms with Gasteiger partial charge in [-0.1, -0.05) is 18.2 Å². The van der Waals surface area contributed by atoms with Gasteiger partial charge in [0.05, 0.1) is 27.6 Å². The minimum Gasteiger partial charge on any atom is -0.399 e. The van der Waals surface area contributed by atoms with E-state index >= 15 is 0 Å². The van der Waals surface area contributed by atoms with Crippen molar-refractivity contribution in [3.63, 3.8) is 0 Å². The monoisotopic (exact) mass is 842 g/mol. The van der Waals surface area contributed by atoms with E-state index in [-0.39, 0.29) is 49.9 Å². The van der Waals surface area contributed by atoms with Crippen molar-refractivity contribution in [2.75, 3.05) is 22.3 Å². The summed E-state index contributed by atoms with van der Waals surface area (Å²) in [4.78, 5) is 25.0. The summed E-state index contributed by atoms with van der Waals surface area (Å²) in [5.74, 6) is -1.82. The molecule has 2 aliphatic carbocycles. The van der Waals surface area contributed by atoms with Gasteiger partial charge in [0.25, 0.3) is 30.4 Å². The van der Waals surface area contributed by atoms with Gasteiger partial charge in [0.15, 0.2) is 11.4 Å². The van der Waals surface area contributed by atoms with Crippen molar-refractivity contribution < 1.29 is 48.5 Å². The Labute approximate surface area is 328 Å². The van der Waals surface area contributed by atoms with Crippen molar-refractivity contribution in [3.8, 4) is 0 Å². The van der Waals surface area contributed by atoms with Gasteiger partial charge in [0, 0.05) is 33.3 Å². The van der Waals surface area contributed by atoms with Gasteiger partial charge >= 0.3 is 0 Å². The van der Waals surface area contributed by atoms with Crippen LogP contribution < -0.4 is 22.3 Å². The van der Waals surface area contributed by atoms with E-state index in [1.54, 1.807) is 6.07 Å². The third-order valence-electron chi connectivity index (χ3n) is 8.68. The molecule has 5 aromatic rings. The average Bonchev–Trinajstić information content (AvgIpc) is 3.16. The second-order valence-electron chi connectivity index (χ2n) is 12.5. The van der Waals surface area contributed by atoms with Gasteiger partial charge in [-0.05, 0) is 96.1 Å². The number of carbonyl (C=O) groups excluding carboxylic acids is 2. The predicted molar refractivity (Wildman–Crippen MR) is 216 cm³/mol. The van der Waals surface area contributed by atoms with Gasteiger partial charge in [0.1, 0.15) is 9.81 Å². The lowest BCUT2D eigenvalue weighted by atomic mass is 9.94. The van der Waals surface area contributed by atoms with Gasteiger partial charge in [-0.25, -0.2) is 0 Å². The van der Waals surface area contributed by atoms with Gasteiger partial charge in [-0.15, -0.1) is 5.11 Å². The molecule has 5 aromatic carbocycles. The maximum absolute atomic E-state index is 13.7. The van der Waals surface area contributed by atoms with E-state index in [0.717, 1.165) is 12.2 Å². The summed E-state index contributed by atoms with van der Waals surface area (Å²) in [6, 6.07) is 20.9. The SMILES string of the molecule is Nc1ccc2c(c1)C(=O)C(=NNc1ccc3c(c1)C(=O)C(=NNc1ccc(N=Nc4ccc(N)c5cc(S(=O)(=O)O)ccc45)cc1)C(S(=O)(=O)O)=C3)C(S(=O)(=O)O)=C2. The van der Waals surface area contributed by atoms with Gasteiger partial charge in [-0.3, -0.25) is 34.1 Å². The Morgan fingerprint density at radius 3 is 1.67 bits per heavy atom. The molecule has 0 spiro atoms. The third kappa shape index (κ3) is 7.86. The topological polar surface area (TPSA) is 323 Å². The van der Waals surface area contributed by atoms with E-state index in [2.05, 4.69) is 31.3 Å². The number of nitrogens with one attached hydrogen (secondary N) is 2. The lowest BCUT2D eigenvalue weighted by Gasteiger charge is -2.18. The number of nitrogens with zero attached hydrogens (tertiary/aromatic N) is 4. The van der Waals surface area contributed by atoms with Crippen molar-refractivity contribution in [1.29, 1.82) is 0 Å². The molecule has 0 bridgehead atoms. The highest BCUT2D eigenvalue weighted by Gasteiger charge is 2.35. The molecular formula is C36H26N8O11S3. The molecule has 9 N–H and O–H groups in total. The number of benzene rings is 5. The summed E-state index contributed by atoms with van der Waals surface area (Å²) in [6.07, 6.45) is 2.07. The first-order chi connectivity index (χ1) is 27.3. The molecule has 2 aliphatic rings. The number of ketones is 2. The van der Waals surface area contributed by atoms with Gasteiger partial charge in [0.2, 0.25) is 11.6 Å². The highest BCUT2D eigenvalue weighted by molar-refractivity contribution is 7.91. The van der Waals surface area contributed by atoms with E-state index in [1.807, 2.05) is 0 Å². The second kappa shape index (κ2) is 14.5. The number of rotatable bonds is 9. The molecule has 22 heteroatoms. The number of Topliss-reactive ketones (excluding diaryl/α,β-unsaturated/α-hetero) is 2. The fourth-order valence-electron chi connectivity index (χ4n) is 5.88. The summed E-state index contributed by atoms with van der Waals surface area (Å²) in [6.45, 7) is 0. The van der Waals surface area contributed by atoms with Crippen molar-refractivity contribution in [2.24, 2.45) is 20.4 Å². The normalized spacial score (nSPS) is 16.0. The molecule has 0 atom stereocenters. The van der Waals surface area contributed by atoms with Crippen molar-refractivity contribution in [1.82, 2.24) is 0 Å². The van der Waals surface area contributed by atoms with Crippen LogP contribution in [-0.4, -0.2) is 61.9 Å². The zero-order valence-electron chi connectivity index (χ0n) is 29.1. The standard InChI is InChI=1S/C36H26N8O11S3/c37-20-3-1-18-13-31(57(50,51)52)33(35(45)26(18)15-20)44-41-23-4-2-19-14-32(58(53,54)55)34(36(46)27(19)16-23)43-40-22-7-5-21(6-8-22)39-42-30-12-11-29(38)28-17-24(56(47,48)49)9-10-25(28)30/h1-17,40-41H,37-38H2,(H,47,48,49)(H,50,51,52)(H,53,54,55). The van der Waals surface area contributed by atoms with E-state index in [1.165, 1.54) is 84.9 Å². The lowest BCUT2D eigenvalue weighted by molar-refractivity contribution is 0.105. The van der Waals surface area contributed by atoms with Crippen LogP contribution in [0.4, 0.5) is 34.1 Å². The Balaban J connectivity index is 1.13. The molecule has 0 fully saturated rings. The van der Waals surface area contributed by atoms with Crippen LogP contribution in [-0.2, 0) is 30.4 Å². The Morgan fingerprint density at radius 2 is 1.09 bits per heavy atom. The minimum atomic E-state index is -4.99. The van der Waals surface area contributed by atoms with Gasteiger partial charge < -0.3 is 11.5 Å². The zero-order valence-corrected chi connectivity index (χ0v) is 31.5. The third-order valence-corrected chi connectivity index (χ3v) is 11.3. The molecular weight excluding hydrogens is 817 g/mol. The van der Waals surface area contributed by atoms with Crippen LogP contribution in [0.1, 0.15) is 31.8 Å². The summed E-state index contributed by atoms with van der Waals surface area (Å²) in [5.41, 5.74) is 17.1. The molecule has 0 unspecified atom stereocenters. The lowest BCUT2D eigenvalue weighted by Crippen LogP contribution is -2.28. The molecule has 0 aromatic heterocycles. The smallest absolute Gasteiger partial charge is 0.296 e. The fourth-order valence-corrected chi connectivity index (χ4v) is 7.71.